The zero-order valence-corrected chi connectivity index (χ0v) is 6.83. The molecule has 1 rings (SSSR count). The Morgan fingerprint density at radius 3 is 2.82 bits per heavy atom. The molecular weight excluding hydrogens is 138 g/mol. The van der Waals surface area contributed by atoms with Crippen LogP contribution >= 0.6 is 0 Å². The fourth-order valence-electron chi connectivity index (χ4n) is 0.880. The standard InChI is InChI=1S/C8H13N3/c1-6(10-2)7-3-8(9)5-11-4-7/h3-6,10H,9H2,1-2H3/t6-/m1/s1. The molecule has 3 heteroatoms. The van der Waals surface area contributed by atoms with Gasteiger partial charge in [-0.05, 0) is 25.6 Å². The normalized spacial score (nSPS) is 12.9. The number of aromatic nitrogens is 1. The second kappa shape index (κ2) is 3.34. The molecule has 1 aromatic heterocycles. The number of nitrogens with one attached hydrogen (secondary N) is 1. The third-order valence-electron chi connectivity index (χ3n) is 1.71. The molecule has 0 unspecified atom stereocenters. The molecule has 0 aliphatic heterocycles. The van der Waals surface area contributed by atoms with Crippen molar-refractivity contribution in [2.24, 2.45) is 0 Å². The van der Waals surface area contributed by atoms with E-state index in [-0.39, 0.29) is 0 Å². The predicted octanol–water partition coefficient (Wildman–Crippen LogP) is 0.944. The highest BCUT2D eigenvalue weighted by atomic mass is 14.9. The van der Waals surface area contributed by atoms with Gasteiger partial charge in [0.2, 0.25) is 0 Å². The van der Waals surface area contributed by atoms with Gasteiger partial charge in [-0.1, -0.05) is 0 Å². The van der Waals surface area contributed by atoms with E-state index in [9.17, 15) is 0 Å². The predicted molar refractivity (Wildman–Crippen MR) is 46.1 cm³/mol. The molecule has 0 bridgehead atoms. The first-order chi connectivity index (χ1) is 5.24. The number of pyridine rings is 1. The lowest BCUT2D eigenvalue weighted by molar-refractivity contribution is 0.650. The summed E-state index contributed by atoms with van der Waals surface area (Å²) in [7, 11) is 1.91. The Labute approximate surface area is 66.6 Å². The molecule has 60 valence electrons. The van der Waals surface area contributed by atoms with Crippen LogP contribution in [0, 0.1) is 0 Å². The van der Waals surface area contributed by atoms with Crippen molar-refractivity contribution in [1.29, 1.82) is 0 Å². The molecular formula is C8H13N3. The van der Waals surface area contributed by atoms with E-state index >= 15 is 0 Å². The van der Waals surface area contributed by atoms with Crippen molar-refractivity contribution in [3.05, 3.63) is 24.0 Å². The molecule has 0 aliphatic carbocycles. The van der Waals surface area contributed by atoms with Crippen LogP contribution in [-0.2, 0) is 0 Å². The van der Waals surface area contributed by atoms with Gasteiger partial charge in [0.1, 0.15) is 0 Å². The number of rotatable bonds is 2. The van der Waals surface area contributed by atoms with E-state index in [0.29, 0.717) is 11.7 Å². The van der Waals surface area contributed by atoms with Gasteiger partial charge in [0.15, 0.2) is 0 Å². The van der Waals surface area contributed by atoms with Gasteiger partial charge in [-0.2, -0.15) is 0 Å². The van der Waals surface area contributed by atoms with Gasteiger partial charge in [0.25, 0.3) is 0 Å². The largest absolute Gasteiger partial charge is 0.397 e. The van der Waals surface area contributed by atoms with Gasteiger partial charge < -0.3 is 11.1 Å². The Morgan fingerprint density at radius 2 is 2.27 bits per heavy atom. The summed E-state index contributed by atoms with van der Waals surface area (Å²) in [6.45, 7) is 2.07. The van der Waals surface area contributed by atoms with Crippen molar-refractivity contribution in [1.82, 2.24) is 10.3 Å². The van der Waals surface area contributed by atoms with Crippen molar-refractivity contribution in [2.75, 3.05) is 12.8 Å². The maximum Gasteiger partial charge on any atom is 0.0503 e. The van der Waals surface area contributed by atoms with E-state index in [1.807, 2.05) is 19.3 Å². The molecule has 0 fully saturated rings. The van der Waals surface area contributed by atoms with E-state index in [1.54, 1.807) is 6.20 Å². The summed E-state index contributed by atoms with van der Waals surface area (Å²) in [6.07, 6.45) is 3.46. The van der Waals surface area contributed by atoms with Crippen LogP contribution in [0.1, 0.15) is 18.5 Å². The average molecular weight is 151 g/mol. The summed E-state index contributed by atoms with van der Waals surface area (Å²) in [6, 6.07) is 2.24. The van der Waals surface area contributed by atoms with Crippen LogP contribution in [0.4, 0.5) is 5.69 Å². The maximum absolute atomic E-state index is 5.56. The lowest BCUT2D eigenvalue weighted by Crippen LogP contribution is -2.12. The highest BCUT2D eigenvalue weighted by molar-refractivity contribution is 5.37. The smallest absolute Gasteiger partial charge is 0.0503 e. The lowest BCUT2D eigenvalue weighted by Gasteiger charge is -2.09. The molecule has 0 aliphatic rings. The summed E-state index contributed by atoms with van der Waals surface area (Å²) in [5.74, 6) is 0. The number of hydrogen-bond donors (Lipinski definition) is 2. The Hall–Kier alpha value is -1.09. The topological polar surface area (TPSA) is 50.9 Å². The number of nitrogen functional groups attached to an aromatic ring is 1. The Balaban J connectivity index is 2.86. The second-order valence-corrected chi connectivity index (χ2v) is 2.56. The fourth-order valence-corrected chi connectivity index (χ4v) is 0.880. The molecule has 0 saturated carbocycles. The number of anilines is 1. The first kappa shape index (κ1) is 8.01. The van der Waals surface area contributed by atoms with E-state index in [0.717, 1.165) is 5.56 Å². The molecule has 1 heterocycles. The highest BCUT2D eigenvalue weighted by Crippen LogP contribution is 2.12. The van der Waals surface area contributed by atoms with Crippen LogP contribution in [0.5, 0.6) is 0 Å². The molecule has 1 aromatic rings. The van der Waals surface area contributed by atoms with Gasteiger partial charge in [-0.25, -0.2) is 0 Å². The van der Waals surface area contributed by atoms with Crippen molar-refractivity contribution in [2.45, 2.75) is 13.0 Å². The zero-order valence-electron chi connectivity index (χ0n) is 6.83. The zero-order chi connectivity index (χ0) is 8.27. The van der Waals surface area contributed by atoms with E-state index in [2.05, 4.69) is 17.2 Å². The van der Waals surface area contributed by atoms with Crippen LogP contribution < -0.4 is 11.1 Å². The minimum Gasteiger partial charge on any atom is -0.397 e. The van der Waals surface area contributed by atoms with E-state index in [4.69, 9.17) is 5.73 Å². The number of nitrogens with zero attached hydrogens (tertiary/aromatic N) is 1. The summed E-state index contributed by atoms with van der Waals surface area (Å²) in [5.41, 5.74) is 7.39. The molecule has 0 radical (unpaired) electrons. The van der Waals surface area contributed by atoms with Gasteiger partial charge in [-0.3, -0.25) is 4.98 Å². The van der Waals surface area contributed by atoms with Crippen molar-refractivity contribution in [3.63, 3.8) is 0 Å². The maximum atomic E-state index is 5.56. The first-order valence-corrected chi connectivity index (χ1v) is 3.61. The van der Waals surface area contributed by atoms with Crippen molar-refractivity contribution in [3.8, 4) is 0 Å². The fraction of sp³-hybridized carbons (Fsp3) is 0.375. The van der Waals surface area contributed by atoms with Crippen LogP contribution in [0.2, 0.25) is 0 Å². The van der Waals surface area contributed by atoms with Gasteiger partial charge in [0, 0.05) is 18.4 Å². The average Bonchev–Trinajstić information content (AvgIpc) is 2.03. The molecule has 3 nitrogen and oxygen atoms in total. The van der Waals surface area contributed by atoms with E-state index in [1.165, 1.54) is 0 Å². The highest BCUT2D eigenvalue weighted by Gasteiger charge is 2.01. The van der Waals surface area contributed by atoms with Crippen LogP contribution in [0.3, 0.4) is 0 Å². The third-order valence-corrected chi connectivity index (χ3v) is 1.71. The molecule has 0 aromatic carbocycles. The SMILES string of the molecule is CN[C@H](C)c1cncc(N)c1. The van der Waals surface area contributed by atoms with Crippen LogP contribution in [-0.4, -0.2) is 12.0 Å². The van der Waals surface area contributed by atoms with Crippen molar-refractivity contribution >= 4 is 5.69 Å². The van der Waals surface area contributed by atoms with Crippen molar-refractivity contribution < 1.29 is 0 Å². The monoisotopic (exact) mass is 151 g/mol. The summed E-state index contributed by atoms with van der Waals surface area (Å²) in [5, 5.41) is 3.11. The number of nitrogens with two attached hydrogens (primary N) is 1. The minimum absolute atomic E-state index is 0.311. The molecule has 3 N–H and O–H groups in total. The van der Waals surface area contributed by atoms with Crippen LogP contribution in [0.25, 0.3) is 0 Å². The molecule has 0 saturated heterocycles. The Kier molecular flexibility index (Phi) is 2.44. The molecule has 0 amide bonds. The third kappa shape index (κ3) is 1.91. The molecule has 0 spiro atoms. The van der Waals surface area contributed by atoms with E-state index < -0.39 is 0 Å². The van der Waals surface area contributed by atoms with Gasteiger partial charge >= 0.3 is 0 Å². The molecule has 11 heavy (non-hydrogen) atoms. The Morgan fingerprint density at radius 1 is 1.55 bits per heavy atom. The van der Waals surface area contributed by atoms with Crippen LogP contribution in [0.15, 0.2) is 18.5 Å². The molecule has 1 atom stereocenters. The number of hydrogen-bond acceptors (Lipinski definition) is 3. The quantitative estimate of drug-likeness (QED) is 0.661. The first-order valence-electron chi connectivity index (χ1n) is 3.61. The Bertz CT molecular complexity index is 235. The summed E-state index contributed by atoms with van der Waals surface area (Å²) < 4.78 is 0. The van der Waals surface area contributed by atoms with Gasteiger partial charge in [-0.15, -0.1) is 0 Å². The second-order valence-electron chi connectivity index (χ2n) is 2.56. The lowest BCUT2D eigenvalue weighted by atomic mass is 10.1. The summed E-state index contributed by atoms with van der Waals surface area (Å²) >= 11 is 0. The van der Waals surface area contributed by atoms with Gasteiger partial charge in [0.05, 0.1) is 5.69 Å². The summed E-state index contributed by atoms with van der Waals surface area (Å²) in [4.78, 5) is 3.99. The minimum atomic E-state index is 0.311.